The predicted octanol–water partition coefficient (Wildman–Crippen LogP) is 3.97. The highest BCUT2D eigenvalue weighted by Crippen LogP contribution is 2.33. The second-order valence-corrected chi connectivity index (χ2v) is 7.01. The Morgan fingerprint density at radius 1 is 1.04 bits per heavy atom. The lowest BCUT2D eigenvalue weighted by molar-refractivity contribution is -0.139. The molecule has 1 aliphatic heterocycles. The molecule has 0 N–H and O–H groups in total. The maximum atomic E-state index is 12.7. The number of rotatable bonds is 6. The van der Waals surface area contributed by atoms with E-state index in [4.69, 9.17) is 4.74 Å². The van der Waals surface area contributed by atoms with Gasteiger partial charge in [0, 0.05) is 18.7 Å². The average molecular weight is 379 g/mol. The first-order valence-electron chi connectivity index (χ1n) is 9.69. The van der Waals surface area contributed by atoms with Gasteiger partial charge in [0.1, 0.15) is 5.75 Å². The van der Waals surface area contributed by atoms with E-state index < -0.39 is 11.9 Å². The van der Waals surface area contributed by atoms with Gasteiger partial charge in [-0.2, -0.15) is 0 Å². The van der Waals surface area contributed by atoms with Gasteiger partial charge in [-0.1, -0.05) is 44.2 Å². The molecule has 0 radical (unpaired) electrons. The standard InChI is InChI=1S/C23H25NO4/c1-4-16-9-8-10-17(5-2)22(16)24-14-18(13-21(24)26)23(27)28-20-12-7-6-11-19(20)15(3)25/h6-12,18H,4-5,13-14H2,1-3H3/t18-/m0/s1. The number of anilines is 1. The molecule has 146 valence electrons. The zero-order valence-electron chi connectivity index (χ0n) is 16.5. The summed E-state index contributed by atoms with van der Waals surface area (Å²) in [6.07, 6.45) is 1.74. The van der Waals surface area contributed by atoms with E-state index in [9.17, 15) is 14.4 Å². The summed E-state index contributed by atoms with van der Waals surface area (Å²) in [5, 5.41) is 0. The van der Waals surface area contributed by atoms with Crippen LogP contribution in [0.2, 0.25) is 0 Å². The van der Waals surface area contributed by atoms with Crippen LogP contribution in [0, 0.1) is 5.92 Å². The van der Waals surface area contributed by atoms with Gasteiger partial charge in [0.25, 0.3) is 0 Å². The third-order valence-electron chi connectivity index (χ3n) is 5.17. The van der Waals surface area contributed by atoms with E-state index in [1.165, 1.54) is 6.92 Å². The molecule has 0 unspecified atom stereocenters. The molecule has 5 heteroatoms. The summed E-state index contributed by atoms with van der Waals surface area (Å²) in [7, 11) is 0. The lowest BCUT2D eigenvalue weighted by Crippen LogP contribution is -2.29. The third kappa shape index (κ3) is 3.84. The van der Waals surface area contributed by atoms with E-state index in [0.717, 1.165) is 29.7 Å². The number of hydrogen-bond acceptors (Lipinski definition) is 4. The Kier molecular flexibility index (Phi) is 5.93. The highest BCUT2D eigenvalue weighted by molar-refractivity contribution is 6.01. The van der Waals surface area contributed by atoms with Gasteiger partial charge in [0.05, 0.1) is 11.5 Å². The Morgan fingerprint density at radius 2 is 1.68 bits per heavy atom. The molecule has 28 heavy (non-hydrogen) atoms. The van der Waals surface area contributed by atoms with E-state index in [1.54, 1.807) is 29.2 Å². The largest absolute Gasteiger partial charge is 0.425 e. The van der Waals surface area contributed by atoms with E-state index in [2.05, 4.69) is 13.8 Å². The van der Waals surface area contributed by atoms with Crippen LogP contribution in [0.25, 0.3) is 0 Å². The van der Waals surface area contributed by atoms with Gasteiger partial charge in [0.15, 0.2) is 5.78 Å². The summed E-state index contributed by atoms with van der Waals surface area (Å²) in [6, 6.07) is 12.7. The smallest absolute Gasteiger partial charge is 0.316 e. The van der Waals surface area contributed by atoms with Gasteiger partial charge < -0.3 is 9.64 Å². The number of amides is 1. The molecule has 0 aliphatic carbocycles. The van der Waals surface area contributed by atoms with Crippen LogP contribution in [-0.4, -0.2) is 24.2 Å². The molecule has 0 bridgehead atoms. The van der Waals surface area contributed by atoms with Crippen molar-refractivity contribution in [2.45, 2.75) is 40.0 Å². The van der Waals surface area contributed by atoms with Crippen LogP contribution in [0.5, 0.6) is 5.75 Å². The summed E-state index contributed by atoms with van der Waals surface area (Å²) in [5.41, 5.74) is 3.49. The second kappa shape index (κ2) is 8.38. The van der Waals surface area contributed by atoms with Crippen LogP contribution >= 0.6 is 0 Å². The molecule has 1 aliphatic rings. The van der Waals surface area contributed by atoms with Crippen molar-refractivity contribution in [1.29, 1.82) is 0 Å². The van der Waals surface area contributed by atoms with Crippen molar-refractivity contribution >= 4 is 23.3 Å². The maximum absolute atomic E-state index is 12.7. The van der Waals surface area contributed by atoms with Crippen LogP contribution in [0.3, 0.4) is 0 Å². The summed E-state index contributed by atoms with van der Waals surface area (Å²) >= 11 is 0. The van der Waals surface area contributed by atoms with Crippen molar-refractivity contribution in [1.82, 2.24) is 0 Å². The molecule has 5 nitrogen and oxygen atoms in total. The minimum atomic E-state index is -0.554. The Hall–Kier alpha value is -2.95. The highest BCUT2D eigenvalue weighted by atomic mass is 16.5. The number of ketones is 1. The molecule has 1 saturated heterocycles. The predicted molar refractivity (Wildman–Crippen MR) is 108 cm³/mol. The number of carbonyl (C=O) groups is 3. The van der Waals surface area contributed by atoms with E-state index in [-0.39, 0.29) is 23.9 Å². The number of benzene rings is 2. The summed E-state index contributed by atoms with van der Waals surface area (Å²) in [4.78, 5) is 38.9. The monoisotopic (exact) mass is 379 g/mol. The minimum Gasteiger partial charge on any atom is -0.425 e. The average Bonchev–Trinajstić information content (AvgIpc) is 3.08. The Morgan fingerprint density at radius 3 is 2.29 bits per heavy atom. The first-order valence-corrected chi connectivity index (χ1v) is 9.69. The molecular formula is C23H25NO4. The quantitative estimate of drug-likeness (QED) is 0.433. The first-order chi connectivity index (χ1) is 13.5. The van der Waals surface area contributed by atoms with Crippen LogP contribution in [0.15, 0.2) is 42.5 Å². The molecule has 0 saturated carbocycles. The van der Waals surface area contributed by atoms with E-state index in [1.807, 2.05) is 18.2 Å². The van der Waals surface area contributed by atoms with E-state index >= 15 is 0 Å². The molecular weight excluding hydrogens is 354 g/mol. The Balaban J connectivity index is 1.82. The normalized spacial score (nSPS) is 16.3. The molecule has 1 atom stereocenters. The Labute approximate surface area is 165 Å². The third-order valence-corrected chi connectivity index (χ3v) is 5.17. The van der Waals surface area contributed by atoms with E-state index in [0.29, 0.717) is 12.1 Å². The Bertz CT molecular complexity index is 896. The molecule has 1 amide bonds. The van der Waals surface area contributed by atoms with Crippen molar-refractivity contribution in [3.8, 4) is 5.75 Å². The van der Waals surface area contributed by atoms with Gasteiger partial charge >= 0.3 is 5.97 Å². The number of esters is 1. The fourth-order valence-corrected chi connectivity index (χ4v) is 3.68. The summed E-state index contributed by atoms with van der Waals surface area (Å²) < 4.78 is 5.50. The van der Waals surface area contributed by atoms with Crippen LogP contribution < -0.4 is 9.64 Å². The fraction of sp³-hybridized carbons (Fsp3) is 0.348. The first kappa shape index (κ1) is 19.8. The molecule has 1 heterocycles. The molecule has 2 aromatic carbocycles. The van der Waals surface area contributed by atoms with Gasteiger partial charge in [0.2, 0.25) is 5.91 Å². The maximum Gasteiger partial charge on any atom is 0.316 e. The lowest BCUT2D eigenvalue weighted by atomic mass is 10.0. The number of Topliss-reactive ketones (excluding diaryl/α,β-unsaturated/α-hetero) is 1. The van der Waals surface area contributed by atoms with Gasteiger partial charge in [-0.3, -0.25) is 14.4 Å². The fourth-order valence-electron chi connectivity index (χ4n) is 3.68. The van der Waals surface area contributed by atoms with Crippen LogP contribution in [0.4, 0.5) is 5.69 Å². The number of carbonyl (C=O) groups excluding carboxylic acids is 3. The summed E-state index contributed by atoms with van der Waals surface area (Å²) in [5.74, 6) is -1.03. The number of ether oxygens (including phenoxy) is 1. The van der Waals surface area contributed by atoms with Crippen molar-refractivity contribution in [3.05, 3.63) is 59.2 Å². The molecule has 0 aromatic heterocycles. The minimum absolute atomic E-state index is 0.0718. The van der Waals surface area contributed by atoms with Crippen molar-refractivity contribution < 1.29 is 19.1 Å². The highest BCUT2D eigenvalue weighted by Gasteiger charge is 2.38. The number of aryl methyl sites for hydroxylation is 2. The lowest BCUT2D eigenvalue weighted by Gasteiger charge is -2.23. The van der Waals surface area contributed by atoms with Gasteiger partial charge in [-0.05, 0) is 43.0 Å². The number of hydrogen-bond donors (Lipinski definition) is 0. The van der Waals surface area contributed by atoms with Gasteiger partial charge in [-0.15, -0.1) is 0 Å². The molecule has 2 aromatic rings. The van der Waals surface area contributed by atoms with Crippen molar-refractivity contribution in [3.63, 3.8) is 0 Å². The zero-order chi connectivity index (χ0) is 20.3. The van der Waals surface area contributed by atoms with Crippen molar-refractivity contribution in [2.75, 3.05) is 11.4 Å². The second-order valence-electron chi connectivity index (χ2n) is 7.01. The molecule has 0 spiro atoms. The number of para-hydroxylation sites is 2. The molecule has 3 rings (SSSR count). The number of nitrogens with zero attached hydrogens (tertiary/aromatic N) is 1. The SMILES string of the molecule is CCc1cccc(CC)c1N1C[C@@H](C(=O)Oc2ccccc2C(C)=O)CC1=O. The van der Waals surface area contributed by atoms with Crippen LogP contribution in [0.1, 0.15) is 48.7 Å². The van der Waals surface area contributed by atoms with Crippen LogP contribution in [-0.2, 0) is 22.4 Å². The zero-order valence-corrected chi connectivity index (χ0v) is 16.5. The summed E-state index contributed by atoms with van der Waals surface area (Å²) in [6.45, 7) is 5.85. The van der Waals surface area contributed by atoms with Gasteiger partial charge in [-0.25, -0.2) is 0 Å². The topological polar surface area (TPSA) is 63.7 Å². The van der Waals surface area contributed by atoms with Crippen molar-refractivity contribution in [2.24, 2.45) is 5.92 Å². The molecule has 1 fully saturated rings.